The zero-order chi connectivity index (χ0) is 12.3. The zero-order valence-corrected chi connectivity index (χ0v) is 10.1. The van der Waals surface area contributed by atoms with Crippen molar-refractivity contribution < 1.29 is 18.3 Å². The summed E-state index contributed by atoms with van der Waals surface area (Å²) in [7, 11) is 1.43. The van der Waals surface area contributed by atoms with Crippen LogP contribution in [0.1, 0.15) is 10.9 Å². The van der Waals surface area contributed by atoms with E-state index in [-0.39, 0.29) is 11.1 Å². The van der Waals surface area contributed by atoms with Gasteiger partial charge in [-0.25, -0.2) is 0 Å². The highest BCUT2D eigenvalue weighted by Gasteiger charge is 2.19. The van der Waals surface area contributed by atoms with E-state index in [2.05, 4.69) is 10.1 Å². The number of rotatable bonds is 4. The summed E-state index contributed by atoms with van der Waals surface area (Å²) in [6.07, 6.45) is 0. The lowest BCUT2D eigenvalue weighted by Crippen LogP contribution is -2.12. The molecule has 0 bridgehead atoms. The molecule has 1 saturated heterocycles. The van der Waals surface area contributed by atoms with Crippen LogP contribution in [0.5, 0.6) is 11.5 Å². The van der Waals surface area contributed by atoms with Crippen LogP contribution in [-0.4, -0.2) is 26.0 Å². The summed E-state index contributed by atoms with van der Waals surface area (Å²) >= 11 is 1.74. The van der Waals surface area contributed by atoms with Gasteiger partial charge in [-0.05, 0) is 17.7 Å². The first-order valence-electron chi connectivity index (χ1n) is 5.18. The van der Waals surface area contributed by atoms with E-state index in [0.29, 0.717) is 5.75 Å². The van der Waals surface area contributed by atoms with Crippen molar-refractivity contribution in [1.29, 1.82) is 0 Å². The average Bonchev–Trinajstić information content (AvgIpc) is 2.81. The standard InChI is InChI=1S/C11H13F2NO2S/c1-15-8-3-2-7(10-14-4-5-17-10)6-9(8)16-11(12)13/h2-3,6,10-11,14H,4-5H2,1H3. The van der Waals surface area contributed by atoms with E-state index in [1.54, 1.807) is 23.9 Å². The van der Waals surface area contributed by atoms with Gasteiger partial charge in [0, 0.05) is 12.3 Å². The molecule has 0 aromatic heterocycles. The van der Waals surface area contributed by atoms with Crippen LogP contribution in [0.2, 0.25) is 0 Å². The molecule has 94 valence electrons. The van der Waals surface area contributed by atoms with Gasteiger partial charge >= 0.3 is 6.61 Å². The number of thioether (sulfide) groups is 1. The monoisotopic (exact) mass is 261 g/mol. The van der Waals surface area contributed by atoms with Crippen LogP contribution in [0, 0.1) is 0 Å². The van der Waals surface area contributed by atoms with Crippen LogP contribution >= 0.6 is 11.8 Å². The Balaban J connectivity index is 2.23. The minimum atomic E-state index is -2.84. The molecule has 0 amide bonds. The largest absolute Gasteiger partial charge is 0.493 e. The van der Waals surface area contributed by atoms with E-state index in [1.165, 1.54) is 7.11 Å². The summed E-state index contributed by atoms with van der Waals surface area (Å²) in [5.74, 6) is 1.41. The number of alkyl halides is 2. The minimum Gasteiger partial charge on any atom is -0.493 e. The molecular formula is C11H13F2NO2S. The smallest absolute Gasteiger partial charge is 0.387 e. The summed E-state index contributed by atoms with van der Waals surface area (Å²) in [4.78, 5) is 0. The average molecular weight is 261 g/mol. The molecule has 17 heavy (non-hydrogen) atoms. The molecule has 1 fully saturated rings. The van der Waals surface area contributed by atoms with Crippen molar-refractivity contribution in [2.24, 2.45) is 0 Å². The number of benzene rings is 1. The van der Waals surface area contributed by atoms with Gasteiger partial charge in [0.05, 0.1) is 12.5 Å². The Labute approximate surface area is 102 Å². The number of methoxy groups -OCH3 is 1. The van der Waals surface area contributed by atoms with E-state index >= 15 is 0 Å². The SMILES string of the molecule is COc1ccc(C2NCCS2)cc1OC(F)F. The van der Waals surface area contributed by atoms with Gasteiger partial charge in [0.15, 0.2) is 11.5 Å². The molecule has 1 atom stereocenters. The summed E-state index contributed by atoms with van der Waals surface area (Å²) in [5.41, 5.74) is 0.920. The van der Waals surface area contributed by atoms with Gasteiger partial charge in [-0.1, -0.05) is 6.07 Å². The molecule has 1 heterocycles. The van der Waals surface area contributed by atoms with Gasteiger partial charge < -0.3 is 14.8 Å². The molecule has 1 aliphatic heterocycles. The fourth-order valence-electron chi connectivity index (χ4n) is 1.68. The van der Waals surface area contributed by atoms with Crippen LogP contribution in [-0.2, 0) is 0 Å². The predicted octanol–water partition coefficient (Wildman–Crippen LogP) is 2.63. The Bertz CT molecular complexity index is 384. The highest BCUT2D eigenvalue weighted by molar-refractivity contribution is 7.99. The van der Waals surface area contributed by atoms with Crippen molar-refractivity contribution in [3.8, 4) is 11.5 Å². The van der Waals surface area contributed by atoms with Crippen molar-refractivity contribution in [1.82, 2.24) is 5.32 Å². The highest BCUT2D eigenvalue weighted by atomic mass is 32.2. The summed E-state index contributed by atoms with van der Waals surface area (Å²) in [6, 6.07) is 5.10. The first kappa shape index (κ1) is 12.4. The maximum Gasteiger partial charge on any atom is 0.387 e. The Kier molecular flexibility index (Phi) is 4.06. The second-order valence-electron chi connectivity index (χ2n) is 3.49. The first-order valence-corrected chi connectivity index (χ1v) is 6.23. The van der Waals surface area contributed by atoms with Gasteiger partial charge in [-0.3, -0.25) is 0 Å². The van der Waals surface area contributed by atoms with Gasteiger partial charge in [-0.15, -0.1) is 11.8 Å². The second-order valence-corrected chi connectivity index (χ2v) is 4.71. The molecule has 1 N–H and O–H groups in total. The lowest BCUT2D eigenvalue weighted by atomic mass is 10.2. The number of hydrogen-bond acceptors (Lipinski definition) is 4. The van der Waals surface area contributed by atoms with Crippen molar-refractivity contribution in [3.63, 3.8) is 0 Å². The van der Waals surface area contributed by atoms with Gasteiger partial charge in [0.2, 0.25) is 0 Å². The molecule has 0 radical (unpaired) electrons. The Morgan fingerprint density at radius 2 is 2.24 bits per heavy atom. The fraction of sp³-hybridized carbons (Fsp3) is 0.455. The van der Waals surface area contributed by atoms with Crippen LogP contribution in [0.4, 0.5) is 8.78 Å². The summed E-state index contributed by atoms with van der Waals surface area (Å²) in [6.45, 7) is -1.92. The van der Waals surface area contributed by atoms with E-state index < -0.39 is 6.61 Å². The number of halogens is 2. The third-order valence-electron chi connectivity index (χ3n) is 2.42. The maximum atomic E-state index is 12.2. The van der Waals surface area contributed by atoms with Gasteiger partial charge in [-0.2, -0.15) is 8.78 Å². The number of hydrogen-bond donors (Lipinski definition) is 1. The van der Waals surface area contributed by atoms with Gasteiger partial charge in [0.1, 0.15) is 0 Å². The molecule has 0 aliphatic carbocycles. The Morgan fingerprint density at radius 3 is 2.82 bits per heavy atom. The predicted molar refractivity (Wildman–Crippen MR) is 62.8 cm³/mol. The lowest BCUT2D eigenvalue weighted by molar-refractivity contribution is -0.0512. The minimum absolute atomic E-state index is 0.0781. The maximum absolute atomic E-state index is 12.2. The summed E-state index contributed by atoms with van der Waals surface area (Å²) < 4.78 is 33.9. The fourth-order valence-corrected chi connectivity index (χ4v) is 2.73. The van der Waals surface area contributed by atoms with E-state index in [4.69, 9.17) is 4.74 Å². The number of ether oxygens (including phenoxy) is 2. The lowest BCUT2D eigenvalue weighted by Gasteiger charge is -2.14. The van der Waals surface area contributed by atoms with Crippen LogP contribution < -0.4 is 14.8 Å². The van der Waals surface area contributed by atoms with Crippen molar-refractivity contribution >= 4 is 11.8 Å². The quantitative estimate of drug-likeness (QED) is 0.902. The van der Waals surface area contributed by atoms with E-state index in [9.17, 15) is 8.78 Å². The van der Waals surface area contributed by atoms with E-state index in [1.807, 2.05) is 6.07 Å². The van der Waals surface area contributed by atoms with Crippen molar-refractivity contribution in [3.05, 3.63) is 23.8 Å². The highest BCUT2D eigenvalue weighted by Crippen LogP contribution is 2.36. The molecule has 1 unspecified atom stereocenters. The topological polar surface area (TPSA) is 30.5 Å². The molecule has 2 rings (SSSR count). The zero-order valence-electron chi connectivity index (χ0n) is 9.28. The van der Waals surface area contributed by atoms with Crippen LogP contribution in [0.15, 0.2) is 18.2 Å². The molecule has 0 spiro atoms. The van der Waals surface area contributed by atoms with Crippen LogP contribution in [0.25, 0.3) is 0 Å². The van der Waals surface area contributed by atoms with Crippen molar-refractivity contribution in [2.45, 2.75) is 12.0 Å². The molecule has 0 saturated carbocycles. The molecule has 1 aromatic carbocycles. The van der Waals surface area contributed by atoms with Crippen LogP contribution in [0.3, 0.4) is 0 Å². The second kappa shape index (κ2) is 5.55. The third kappa shape index (κ3) is 3.01. The van der Waals surface area contributed by atoms with Gasteiger partial charge in [0.25, 0.3) is 0 Å². The third-order valence-corrected chi connectivity index (χ3v) is 3.63. The van der Waals surface area contributed by atoms with Crippen molar-refractivity contribution in [2.75, 3.05) is 19.4 Å². The molecular weight excluding hydrogens is 248 g/mol. The normalized spacial score (nSPS) is 19.6. The Morgan fingerprint density at radius 1 is 1.41 bits per heavy atom. The number of nitrogens with one attached hydrogen (secondary N) is 1. The van der Waals surface area contributed by atoms with E-state index in [0.717, 1.165) is 17.9 Å². The Hall–Kier alpha value is -1.01. The first-order chi connectivity index (χ1) is 8.20. The molecule has 1 aliphatic rings. The molecule has 3 nitrogen and oxygen atoms in total. The molecule has 6 heteroatoms. The summed E-state index contributed by atoms with van der Waals surface area (Å²) in [5, 5.41) is 3.41. The molecule has 1 aromatic rings.